The summed E-state index contributed by atoms with van der Waals surface area (Å²) >= 11 is 0. The van der Waals surface area contributed by atoms with E-state index >= 15 is 0 Å². The molecule has 0 bridgehead atoms. The van der Waals surface area contributed by atoms with Gasteiger partial charge in [0.15, 0.2) is 0 Å². The van der Waals surface area contributed by atoms with Gasteiger partial charge in [-0.2, -0.15) is 9.37 Å². The van der Waals surface area contributed by atoms with Crippen molar-refractivity contribution in [2.24, 2.45) is 5.90 Å². The Balaban J connectivity index is 2.53. The summed E-state index contributed by atoms with van der Waals surface area (Å²) in [7, 11) is 0. The van der Waals surface area contributed by atoms with Gasteiger partial charge in [-0.3, -0.25) is 15.0 Å². The zero-order valence-electron chi connectivity index (χ0n) is 9.17. The van der Waals surface area contributed by atoms with Gasteiger partial charge in [-0.25, -0.2) is 10.3 Å². The van der Waals surface area contributed by atoms with E-state index in [-0.39, 0.29) is 12.5 Å². The second-order valence-corrected chi connectivity index (χ2v) is 3.34. The van der Waals surface area contributed by atoms with Gasteiger partial charge in [0.05, 0.1) is 4.92 Å². The monoisotopic (exact) mass is 272 g/mol. The Bertz CT molecular complexity index is 631. The Morgan fingerprint density at radius 2 is 2.21 bits per heavy atom. The number of halogens is 2. The van der Waals surface area contributed by atoms with Crippen molar-refractivity contribution >= 4 is 5.69 Å². The van der Waals surface area contributed by atoms with Gasteiger partial charge in [0.25, 0.3) is 5.89 Å². The summed E-state index contributed by atoms with van der Waals surface area (Å²) < 4.78 is 31.9. The van der Waals surface area contributed by atoms with Crippen LogP contribution in [-0.4, -0.2) is 15.1 Å². The molecular weight excluding hydrogens is 266 g/mol. The first kappa shape index (κ1) is 13.0. The molecule has 0 amide bonds. The number of nitro groups is 1. The highest BCUT2D eigenvalue weighted by Crippen LogP contribution is 2.29. The van der Waals surface area contributed by atoms with Gasteiger partial charge in [-0.05, 0) is 6.07 Å². The van der Waals surface area contributed by atoms with Crippen molar-refractivity contribution in [3.8, 4) is 11.4 Å². The topological polar surface area (TPSA) is 117 Å². The second-order valence-electron chi connectivity index (χ2n) is 3.34. The molecule has 0 radical (unpaired) electrons. The summed E-state index contributed by atoms with van der Waals surface area (Å²) in [6.07, 6.45) is 0. The molecule has 2 aromatic rings. The van der Waals surface area contributed by atoms with Crippen LogP contribution in [0.1, 0.15) is 5.89 Å². The van der Waals surface area contributed by atoms with Gasteiger partial charge in [0.1, 0.15) is 18.0 Å². The largest absolute Gasteiger partial charge is 0.336 e. The van der Waals surface area contributed by atoms with Crippen LogP contribution in [0, 0.1) is 21.7 Å². The summed E-state index contributed by atoms with van der Waals surface area (Å²) in [6.45, 7) is -0.259. The molecule has 0 saturated carbocycles. The number of aromatic nitrogens is 2. The standard InChI is InChI=1S/C9H6F2N4O4/c10-4-1-2-5(15(16)17)8(11)7(4)9-13-6(3-18-12)19-14-9/h1-2H,3,12H2. The summed E-state index contributed by atoms with van der Waals surface area (Å²) in [5.41, 5.74) is -1.64. The van der Waals surface area contributed by atoms with Crippen LogP contribution >= 0.6 is 0 Å². The summed E-state index contributed by atoms with van der Waals surface area (Å²) in [5, 5.41) is 13.9. The maximum atomic E-state index is 13.8. The fourth-order valence-corrected chi connectivity index (χ4v) is 1.37. The van der Waals surface area contributed by atoms with E-state index in [2.05, 4.69) is 19.5 Å². The van der Waals surface area contributed by atoms with Gasteiger partial charge in [-0.15, -0.1) is 0 Å². The lowest BCUT2D eigenvalue weighted by molar-refractivity contribution is -0.387. The van der Waals surface area contributed by atoms with E-state index in [4.69, 9.17) is 5.90 Å². The minimum absolute atomic E-state index is 0.122. The molecule has 8 nitrogen and oxygen atoms in total. The third-order valence-corrected chi connectivity index (χ3v) is 2.17. The lowest BCUT2D eigenvalue weighted by Crippen LogP contribution is -2.00. The highest BCUT2D eigenvalue weighted by atomic mass is 19.1. The lowest BCUT2D eigenvalue weighted by Gasteiger charge is -2.00. The van der Waals surface area contributed by atoms with Crippen molar-refractivity contribution in [3.05, 3.63) is 39.8 Å². The van der Waals surface area contributed by atoms with Crippen LogP contribution in [0.5, 0.6) is 0 Å². The molecule has 1 aromatic carbocycles. The third kappa shape index (κ3) is 2.39. The minimum Gasteiger partial charge on any atom is -0.336 e. The lowest BCUT2D eigenvalue weighted by atomic mass is 10.1. The Kier molecular flexibility index (Phi) is 3.44. The Morgan fingerprint density at radius 3 is 2.84 bits per heavy atom. The van der Waals surface area contributed by atoms with Gasteiger partial charge in [0.2, 0.25) is 11.6 Å². The molecule has 19 heavy (non-hydrogen) atoms. The number of hydrogen-bond donors (Lipinski definition) is 1. The van der Waals surface area contributed by atoms with Gasteiger partial charge in [0, 0.05) is 6.07 Å². The quantitative estimate of drug-likeness (QED) is 0.658. The first-order valence-electron chi connectivity index (χ1n) is 4.81. The van der Waals surface area contributed by atoms with E-state index < -0.39 is 33.6 Å². The number of nitrogens with two attached hydrogens (primary N) is 1. The average molecular weight is 272 g/mol. The molecule has 1 aromatic heterocycles. The smallest absolute Gasteiger partial charge is 0.305 e. The molecule has 0 spiro atoms. The van der Waals surface area contributed by atoms with E-state index in [9.17, 15) is 18.9 Å². The van der Waals surface area contributed by atoms with Crippen molar-refractivity contribution in [1.29, 1.82) is 0 Å². The zero-order valence-corrected chi connectivity index (χ0v) is 9.17. The van der Waals surface area contributed by atoms with Crippen molar-refractivity contribution in [1.82, 2.24) is 10.1 Å². The fourth-order valence-electron chi connectivity index (χ4n) is 1.37. The van der Waals surface area contributed by atoms with Crippen LogP contribution in [-0.2, 0) is 11.4 Å². The predicted octanol–water partition coefficient (Wildman–Crippen LogP) is 1.31. The normalized spacial score (nSPS) is 10.7. The molecule has 1 heterocycles. The molecule has 0 atom stereocenters. The average Bonchev–Trinajstić information content (AvgIpc) is 2.77. The molecule has 0 saturated heterocycles. The second kappa shape index (κ2) is 5.04. The zero-order chi connectivity index (χ0) is 14.0. The molecule has 2 rings (SSSR count). The van der Waals surface area contributed by atoms with Crippen molar-refractivity contribution in [2.45, 2.75) is 6.61 Å². The van der Waals surface area contributed by atoms with E-state index in [1.54, 1.807) is 0 Å². The molecule has 0 fully saturated rings. The maximum Gasteiger partial charge on any atom is 0.305 e. The van der Waals surface area contributed by atoms with E-state index in [0.29, 0.717) is 6.07 Å². The number of hydrogen-bond acceptors (Lipinski definition) is 7. The molecule has 10 heteroatoms. The summed E-state index contributed by atoms with van der Waals surface area (Å²) in [4.78, 5) is 17.4. The van der Waals surface area contributed by atoms with Crippen molar-refractivity contribution in [3.63, 3.8) is 0 Å². The van der Waals surface area contributed by atoms with Gasteiger partial charge >= 0.3 is 5.69 Å². The third-order valence-electron chi connectivity index (χ3n) is 2.17. The van der Waals surface area contributed by atoms with Crippen molar-refractivity contribution in [2.75, 3.05) is 0 Å². The molecule has 0 aliphatic heterocycles. The van der Waals surface area contributed by atoms with E-state index in [0.717, 1.165) is 6.07 Å². The maximum absolute atomic E-state index is 13.8. The Hall–Kier alpha value is -2.46. The molecule has 0 aliphatic rings. The van der Waals surface area contributed by atoms with E-state index in [1.807, 2.05) is 0 Å². The number of rotatable bonds is 4. The summed E-state index contributed by atoms with van der Waals surface area (Å²) in [5.74, 6) is 1.74. The molecule has 2 N–H and O–H groups in total. The Morgan fingerprint density at radius 1 is 1.47 bits per heavy atom. The molecule has 0 unspecified atom stereocenters. The SMILES string of the molecule is NOCc1nc(-c2c(F)ccc([N+](=O)[O-])c2F)no1. The highest BCUT2D eigenvalue weighted by molar-refractivity contribution is 5.61. The van der Waals surface area contributed by atoms with Crippen LogP contribution < -0.4 is 5.90 Å². The summed E-state index contributed by atoms with van der Waals surface area (Å²) in [6, 6.07) is 1.45. The molecule has 100 valence electrons. The number of nitrogens with zero attached hydrogens (tertiary/aromatic N) is 3. The van der Waals surface area contributed by atoms with Crippen LogP contribution in [0.25, 0.3) is 11.4 Å². The van der Waals surface area contributed by atoms with Crippen LogP contribution in [0.4, 0.5) is 14.5 Å². The fraction of sp³-hybridized carbons (Fsp3) is 0.111. The first-order valence-corrected chi connectivity index (χ1v) is 4.81. The molecular formula is C9H6F2N4O4. The number of benzene rings is 1. The van der Waals surface area contributed by atoms with E-state index in [1.165, 1.54) is 0 Å². The van der Waals surface area contributed by atoms with Gasteiger partial charge in [-0.1, -0.05) is 5.16 Å². The van der Waals surface area contributed by atoms with Crippen LogP contribution in [0.2, 0.25) is 0 Å². The highest BCUT2D eigenvalue weighted by Gasteiger charge is 2.25. The molecule has 0 aliphatic carbocycles. The Labute approximate surface area is 103 Å². The minimum atomic E-state index is -1.38. The number of nitro benzene ring substituents is 1. The first-order chi connectivity index (χ1) is 9.04. The van der Waals surface area contributed by atoms with Gasteiger partial charge < -0.3 is 4.52 Å². The van der Waals surface area contributed by atoms with Crippen LogP contribution in [0.15, 0.2) is 16.7 Å². The van der Waals surface area contributed by atoms with Crippen molar-refractivity contribution < 1.29 is 23.1 Å². The van der Waals surface area contributed by atoms with Crippen LogP contribution in [0.3, 0.4) is 0 Å². The predicted molar refractivity (Wildman–Crippen MR) is 55.3 cm³/mol.